The van der Waals surface area contributed by atoms with E-state index in [0.29, 0.717) is 0 Å². The molecule has 5 N–H and O–H groups in total. The number of rotatable bonds is 8. The molecule has 4 rings (SSSR count). The molecule has 3 amide bonds. The molecule has 2 aliphatic rings. The molecule has 2 aromatic rings. The summed E-state index contributed by atoms with van der Waals surface area (Å²) in [5.74, 6) is -6.35. The molecule has 2 heterocycles. The second-order valence-electron chi connectivity index (χ2n) is 8.97. The van der Waals surface area contributed by atoms with Gasteiger partial charge in [0.25, 0.3) is 0 Å². The summed E-state index contributed by atoms with van der Waals surface area (Å²) < 4.78 is 71.8. The number of nitrogens with two attached hydrogens (primary N) is 1. The maximum absolute atomic E-state index is 15.0. The lowest BCUT2D eigenvalue weighted by Gasteiger charge is -2.16. The molecule has 2 saturated heterocycles. The lowest BCUT2D eigenvalue weighted by atomic mass is 10.0. The Hall–Kier alpha value is -5.00. The van der Waals surface area contributed by atoms with Crippen molar-refractivity contribution in [2.75, 3.05) is 36.0 Å². The van der Waals surface area contributed by atoms with Crippen LogP contribution in [0.2, 0.25) is 0 Å². The van der Waals surface area contributed by atoms with Gasteiger partial charge in [-0.1, -0.05) is 0 Å². The number of nitrogens with one attached hydrogen (secondary N) is 1. The lowest BCUT2D eigenvalue weighted by Crippen LogP contribution is -2.35. The van der Waals surface area contributed by atoms with Gasteiger partial charge in [-0.3, -0.25) is 19.4 Å². The van der Waals surface area contributed by atoms with Crippen molar-refractivity contribution < 1.29 is 65.6 Å². The molecule has 0 radical (unpaired) electrons. The van der Waals surface area contributed by atoms with Crippen molar-refractivity contribution in [3.05, 3.63) is 48.0 Å². The number of anilines is 2. The zero-order valence-corrected chi connectivity index (χ0v) is 21.8. The van der Waals surface area contributed by atoms with Crippen LogP contribution in [0.15, 0.2) is 36.4 Å². The summed E-state index contributed by atoms with van der Waals surface area (Å²) in [5, 5.41) is 18.1. The average molecular weight is 618 g/mol. The maximum atomic E-state index is 15.0. The largest absolute Gasteiger partial charge is 0.490 e. The van der Waals surface area contributed by atoms with Crippen molar-refractivity contribution in [3.8, 4) is 11.1 Å². The first-order valence-corrected chi connectivity index (χ1v) is 12.1. The summed E-state index contributed by atoms with van der Waals surface area (Å²) >= 11 is 0. The number of aliphatic carboxylic acids is 2. The monoisotopic (exact) mass is 618 g/mol. The number of carboxylic acids is 2. The fraction of sp³-hybridized carbons (Fsp3) is 0.320. The predicted molar refractivity (Wildman–Crippen MR) is 135 cm³/mol. The molecule has 43 heavy (non-hydrogen) atoms. The van der Waals surface area contributed by atoms with E-state index in [4.69, 9.17) is 30.2 Å². The first kappa shape index (κ1) is 32.5. The smallest absolute Gasteiger partial charge is 0.481 e. The summed E-state index contributed by atoms with van der Waals surface area (Å²) in [6.45, 7) is 0.186. The van der Waals surface area contributed by atoms with Gasteiger partial charge in [0.1, 0.15) is 30.3 Å². The van der Waals surface area contributed by atoms with Crippen LogP contribution in [0.25, 0.3) is 11.1 Å². The van der Waals surface area contributed by atoms with E-state index in [1.54, 1.807) is 0 Å². The third kappa shape index (κ3) is 8.28. The molecule has 0 saturated carbocycles. The van der Waals surface area contributed by atoms with Crippen LogP contribution in [0, 0.1) is 11.6 Å². The Bertz CT molecular complexity index is 1420. The normalized spacial score (nSPS) is 18.0. The van der Waals surface area contributed by atoms with Gasteiger partial charge in [0.15, 0.2) is 0 Å². The highest BCUT2D eigenvalue weighted by Gasteiger charge is 2.38. The molecule has 0 unspecified atom stereocenters. The number of carbonyl (C=O) groups is 5. The van der Waals surface area contributed by atoms with E-state index in [-0.39, 0.29) is 48.7 Å². The Morgan fingerprint density at radius 2 is 1.33 bits per heavy atom. The Labute approximate surface area is 238 Å². The van der Waals surface area contributed by atoms with E-state index in [1.165, 1.54) is 29.2 Å². The zero-order valence-electron chi connectivity index (χ0n) is 21.8. The van der Waals surface area contributed by atoms with Gasteiger partial charge >= 0.3 is 30.3 Å². The summed E-state index contributed by atoms with van der Waals surface area (Å²) in [7, 11) is 0. The van der Waals surface area contributed by atoms with Crippen LogP contribution in [-0.2, 0) is 23.9 Å². The molecule has 2 fully saturated rings. The molecule has 2 atom stereocenters. The minimum Gasteiger partial charge on any atom is -0.481 e. The second-order valence-corrected chi connectivity index (χ2v) is 8.97. The third-order valence-electron chi connectivity index (χ3n) is 5.91. The molecule has 13 nitrogen and oxygen atoms in total. The highest BCUT2D eigenvalue weighted by Crippen LogP contribution is 2.33. The second kappa shape index (κ2) is 13.3. The van der Waals surface area contributed by atoms with Crippen molar-refractivity contribution in [1.82, 2.24) is 5.32 Å². The minimum absolute atomic E-state index is 0.0102. The molecule has 0 bridgehead atoms. The summed E-state index contributed by atoms with van der Waals surface area (Å²) in [6.07, 6.45) is -8.48. The quantitative estimate of drug-likeness (QED) is 0.253. The van der Waals surface area contributed by atoms with Crippen LogP contribution in [0.4, 0.5) is 42.9 Å². The maximum Gasteiger partial charge on any atom is 0.490 e. The van der Waals surface area contributed by atoms with E-state index < -0.39 is 66.5 Å². The van der Waals surface area contributed by atoms with Crippen LogP contribution in [-0.4, -0.2) is 84.8 Å². The van der Waals surface area contributed by atoms with E-state index in [1.807, 2.05) is 0 Å². The van der Waals surface area contributed by atoms with Crippen LogP contribution in [0.5, 0.6) is 0 Å². The number of amides is 3. The zero-order chi connectivity index (χ0) is 32.1. The topological polar surface area (TPSA) is 189 Å². The molecule has 2 aliphatic heterocycles. The number of nitrogens with zero attached hydrogens (tertiary/aromatic N) is 2. The fourth-order valence-corrected chi connectivity index (χ4v) is 3.90. The van der Waals surface area contributed by atoms with Gasteiger partial charge in [-0.25, -0.2) is 23.2 Å². The number of carboxylic acid groups (broad SMARTS) is 2. The minimum atomic E-state index is -5.08. The van der Waals surface area contributed by atoms with Crippen LogP contribution < -0.4 is 20.9 Å². The van der Waals surface area contributed by atoms with Gasteiger partial charge in [0.05, 0.1) is 31.0 Å². The van der Waals surface area contributed by atoms with Crippen molar-refractivity contribution in [2.45, 2.75) is 24.8 Å². The highest BCUT2D eigenvalue weighted by atomic mass is 19.4. The summed E-state index contributed by atoms with van der Waals surface area (Å²) in [5.41, 5.74) is 5.81. The van der Waals surface area contributed by atoms with Crippen LogP contribution in [0.3, 0.4) is 0 Å². The average Bonchev–Trinajstić information content (AvgIpc) is 3.48. The first-order valence-electron chi connectivity index (χ1n) is 12.1. The number of ether oxygens (including phenoxy) is 2. The van der Waals surface area contributed by atoms with Crippen LogP contribution in [0.1, 0.15) is 6.42 Å². The number of hydrogen-bond donors (Lipinski definition) is 4. The van der Waals surface area contributed by atoms with E-state index in [0.717, 1.165) is 17.0 Å². The van der Waals surface area contributed by atoms with E-state index in [9.17, 15) is 41.1 Å². The Balaban J connectivity index is 0.000000646. The molecule has 0 spiro atoms. The van der Waals surface area contributed by atoms with Gasteiger partial charge in [-0.05, 0) is 36.4 Å². The Kier molecular flexibility index (Phi) is 10.1. The molecule has 18 heteroatoms. The number of alkyl halides is 3. The molecule has 0 aromatic heterocycles. The standard InChI is InChI=1S/C23H22F2N4O7.C2HF3O2/c24-18-5-12(28-10-14(8-26)35-22(28)33)1-3-16(18)17-4-2-13(6-19(17)25)29-11-15(36-23(29)34)9-27-20(30)7-21(31)32;3-2(4,5)1(6)7/h1-6,14-15H,7-11,26H2,(H,27,30)(H,31,32);(H,6,7)/t14-,15-;/m0./s1. The van der Waals surface area contributed by atoms with Crippen molar-refractivity contribution in [1.29, 1.82) is 0 Å². The number of cyclic esters (lactones) is 2. The number of halogens is 5. The highest BCUT2D eigenvalue weighted by molar-refractivity contribution is 5.94. The Morgan fingerprint density at radius 1 is 0.884 bits per heavy atom. The first-order chi connectivity index (χ1) is 20.1. The van der Waals surface area contributed by atoms with Crippen molar-refractivity contribution >= 4 is 41.4 Å². The van der Waals surface area contributed by atoms with Crippen molar-refractivity contribution in [3.63, 3.8) is 0 Å². The summed E-state index contributed by atoms with van der Waals surface area (Å²) in [4.78, 5) is 57.5. The number of benzene rings is 2. The molecule has 2 aromatic carbocycles. The third-order valence-corrected chi connectivity index (χ3v) is 5.91. The van der Waals surface area contributed by atoms with Gasteiger partial charge in [0.2, 0.25) is 5.91 Å². The van der Waals surface area contributed by atoms with Gasteiger partial charge in [0, 0.05) is 17.7 Å². The Morgan fingerprint density at radius 3 is 1.70 bits per heavy atom. The fourth-order valence-electron chi connectivity index (χ4n) is 3.90. The molecule has 0 aliphatic carbocycles. The van der Waals surface area contributed by atoms with Crippen molar-refractivity contribution in [2.24, 2.45) is 5.73 Å². The molecular weight excluding hydrogens is 595 g/mol. The molecule has 232 valence electrons. The van der Waals surface area contributed by atoms with Crippen LogP contribution >= 0.6 is 0 Å². The lowest BCUT2D eigenvalue weighted by molar-refractivity contribution is -0.192. The predicted octanol–water partition coefficient (Wildman–Crippen LogP) is 2.47. The van der Waals surface area contributed by atoms with Gasteiger partial charge in [-0.15, -0.1) is 0 Å². The SMILES string of the molecule is NC[C@H]1CN(c2ccc(-c3ccc(N4C[C@H](CNC(=O)CC(=O)O)OC4=O)cc3F)c(F)c2)C(=O)O1.O=C(O)C(F)(F)F. The number of carbonyl (C=O) groups excluding carboxylic acids is 3. The van der Waals surface area contributed by atoms with Gasteiger partial charge in [-0.2, -0.15) is 13.2 Å². The number of hydrogen-bond acceptors (Lipinski definition) is 8. The van der Waals surface area contributed by atoms with Gasteiger partial charge < -0.3 is 30.7 Å². The van der Waals surface area contributed by atoms with E-state index in [2.05, 4.69) is 5.32 Å². The molecular formula is C25H23F5N4O9. The summed E-state index contributed by atoms with van der Waals surface area (Å²) in [6, 6.07) is 7.69. The van der Waals surface area contributed by atoms with E-state index >= 15 is 0 Å².